The van der Waals surface area contributed by atoms with Gasteiger partial charge in [-0.15, -0.1) is 0 Å². The van der Waals surface area contributed by atoms with Gasteiger partial charge in [0, 0.05) is 5.56 Å². The van der Waals surface area contributed by atoms with E-state index in [9.17, 15) is 13.2 Å². The van der Waals surface area contributed by atoms with Gasteiger partial charge >= 0.3 is 0 Å². The number of sulfonamides is 1. The number of nitrogens with one attached hydrogen (secondary N) is 2. The fourth-order valence-electron chi connectivity index (χ4n) is 2.62. The van der Waals surface area contributed by atoms with Crippen LogP contribution in [0.4, 0.5) is 0 Å². The van der Waals surface area contributed by atoms with Crippen molar-refractivity contribution in [2.24, 2.45) is 11.0 Å². The van der Waals surface area contributed by atoms with Gasteiger partial charge in [0.05, 0.1) is 25.3 Å². The summed E-state index contributed by atoms with van der Waals surface area (Å²) < 4.78 is 38.2. The van der Waals surface area contributed by atoms with Crippen molar-refractivity contribution in [2.45, 2.75) is 31.7 Å². The molecular formula is C21H27N3O5S. The van der Waals surface area contributed by atoms with E-state index in [1.165, 1.54) is 32.6 Å². The van der Waals surface area contributed by atoms with Crippen LogP contribution in [0.5, 0.6) is 11.5 Å². The molecule has 1 atom stereocenters. The van der Waals surface area contributed by atoms with Crippen molar-refractivity contribution < 1.29 is 22.7 Å². The molecule has 8 nitrogen and oxygen atoms in total. The predicted octanol–water partition coefficient (Wildman–Crippen LogP) is 2.47. The Labute approximate surface area is 177 Å². The molecule has 0 aliphatic heterocycles. The standard InChI is InChI=1S/C21H27N3O5S/c1-14(2)20(24-30(26,27)18-9-6-15(3)7-10-18)21(25)23-22-13-16-12-17(28-4)8-11-19(16)29-5/h6-14,20,24H,1-5H3,(H,23,25)/b22-13-/t20-/m0/s1. The second-order valence-corrected chi connectivity index (χ2v) is 8.71. The van der Waals surface area contributed by atoms with Gasteiger partial charge in [-0.25, -0.2) is 13.8 Å². The number of methoxy groups -OCH3 is 2. The summed E-state index contributed by atoms with van der Waals surface area (Å²) >= 11 is 0. The molecule has 0 radical (unpaired) electrons. The first-order valence-electron chi connectivity index (χ1n) is 9.32. The Morgan fingerprint density at radius 3 is 2.30 bits per heavy atom. The molecule has 0 spiro atoms. The SMILES string of the molecule is COc1ccc(OC)c(/C=N\NC(=O)[C@@H](NS(=O)(=O)c2ccc(C)cc2)C(C)C)c1. The van der Waals surface area contributed by atoms with Crippen LogP contribution in [-0.4, -0.2) is 40.8 Å². The lowest BCUT2D eigenvalue weighted by atomic mass is 10.1. The van der Waals surface area contributed by atoms with E-state index in [0.717, 1.165) is 5.56 Å². The minimum absolute atomic E-state index is 0.0937. The molecule has 2 rings (SSSR count). The Bertz CT molecular complexity index is 1000. The fourth-order valence-corrected chi connectivity index (χ4v) is 3.96. The van der Waals surface area contributed by atoms with Gasteiger partial charge < -0.3 is 9.47 Å². The number of amides is 1. The van der Waals surface area contributed by atoms with Crippen LogP contribution >= 0.6 is 0 Å². The van der Waals surface area contributed by atoms with E-state index in [1.807, 2.05) is 6.92 Å². The molecule has 162 valence electrons. The molecule has 0 bridgehead atoms. The zero-order valence-corrected chi connectivity index (χ0v) is 18.5. The maximum Gasteiger partial charge on any atom is 0.258 e. The van der Waals surface area contributed by atoms with E-state index < -0.39 is 22.0 Å². The van der Waals surface area contributed by atoms with Crippen LogP contribution in [0.3, 0.4) is 0 Å². The first kappa shape index (κ1) is 23.4. The van der Waals surface area contributed by atoms with E-state index in [2.05, 4.69) is 15.2 Å². The lowest BCUT2D eigenvalue weighted by molar-refractivity contribution is -0.123. The van der Waals surface area contributed by atoms with E-state index in [0.29, 0.717) is 17.1 Å². The molecule has 30 heavy (non-hydrogen) atoms. The summed E-state index contributed by atoms with van der Waals surface area (Å²) in [5.41, 5.74) is 3.93. The van der Waals surface area contributed by atoms with Gasteiger partial charge in [0.25, 0.3) is 5.91 Å². The van der Waals surface area contributed by atoms with Crippen molar-refractivity contribution in [2.75, 3.05) is 14.2 Å². The molecule has 2 N–H and O–H groups in total. The average molecular weight is 434 g/mol. The Morgan fingerprint density at radius 1 is 1.07 bits per heavy atom. The number of nitrogens with zero attached hydrogens (tertiary/aromatic N) is 1. The van der Waals surface area contributed by atoms with Gasteiger partial charge in [-0.1, -0.05) is 31.5 Å². The first-order chi connectivity index (χ1) is 14.2. The van der Waals surface area contributed by atoms with E-state index in [4.69, 9.17) is 9.47 Å². The lowest BCUT2D eigenvalue weighted by Gasteiger charge is -2.20. The van der Waals surface area contributed by atoms with Crippen molar-refractivity contribution in [3.63, 3.8) is 0 Å². The van der Waals surface area contributed by atoms with Crippen LogP contribution < -0.4 is 19.6 Å². The molecule has 0 unspecified atom stereocenters. The highest BCUT2D eigenvalue weighted by Crippen LogP contribution is 2.22. The molecule has 0 aliphatic carbocycles. The summed E-state index contributed by atoms with van der Waals surface area (Å²) in [6.45, 7) is 5.36. The highest BCUT2D eigenvalue weighted by atomic mass is 32.2. The highest BCUT2D eigenvalue weighted by Gasteiger charge is 2.28. The number of carbonyl (C=O) groups is 1. The summed E-state index contributed by atoms with van der Waals surface area (Å²) in [6, 6.07) is 10.6. The van der Waals surface area contributed by atoms with Crippen LogP contribution in [0.2, 0.25) is 0 Å². The Balaban J connectivity index is 2.14. The Hall–Kier alpha value is -2.91. The number of hydrogen-bond donors (Lipinski definition) is 2. The molecule has 0 aromatic heterocycles. The minimum Gasteiger partial charge on any atom is -0.497 e. The summed E-state index contributed by atoms with van der Waals surface area (Å²) in [4.78, 5) is 12.7. The van der Waals surface area contributed by atoms with Crippen LogP contribution in [-0.2, 0) is 14.8 Å². The number of ether oxygens (including phenoxy) is 2. The van der Waals surface area contributed by atoms with Crippen LogP contribution in [0.15, 0.2) is 52.5 Å². The van der Waals surface area contributed by atoms with Gasteiger partial charge in [-0.05, 0) is 43.2 Å². The largest absolute Gasteiger partial charge is 0.497 e. The molecule has 1 amide bonds. The number of carbonyl (C=O) groups excluding carboxylic acids is 1. The molecule has 0 saturated heterocycles. The van der Waals surface area contributed by atoms with E-state index in [-0.39, 0.29) is 10.8 Å². The highest BCUT2D eigenvalue weighted by molar-refractivity contribution is 7.89. The molecular weight excluding hydrogens is 406 g/mol. The van der Waals surface area contributed by atoms with Crippen LogP contribution in [0.25, 0.3) is 0 Å². The van der Waals surface area contributed by atoms with Gasteiger partial charge in [0.15, 0.2) is 0 Å². The summed E-state index contributed by atoms with van der Waals surface area (Å²) in [7, 11) is -0.803. The van der Waals surface area contributed by atoms with Crippen LogP contribution in [0.1, 0.15) is 25.0 Å². The average Bonchev–Trinajstić information content (AvgIpc) is 2.72. The zero-order valence-electron chi connectivity index (χ0n) is 17.7. The maximum absolute atomic E-state index is 12.7. The van der Waals surface area contributed by atoms with Crippen LogP contribution in [0, 0.1) is 12.8 Å². The third-order valence-corrected chi connectivity index (χ3v) is 5.83. The molecule has 0 saturated carbocycles. The van der Waals surface area contributed by atoms with Crippen molar-refractivity contribution in [3.05, 3.63) is 53.6 Å². The number of benzene rings is 2. The smallest absolute Gasteiger partial charge is 0.258 e. The van der Waals surface area contributed by atoms with Crippen molar-refractivity contribution in [1.29, 1.82) is 0 Å². The quantitative estimate of drug-likeness (QED) is 0.467. The van der Waals surface area contributed by atoms with E-state index in [1.54, 1.807) is 44.2 Å². The second kappa shape index (κ2) is 10.2. The normalized spacial score (nSPS) is 12.7. The summed E-state index contributed by atoms with van der Waals surface area (Å²) in [5.74, 6) is 0.286. The lowest BCUT2D eigenvalue weighted by Crippen LogP contribution is -2.48. The van der Waals surface area contributed by atoms with Crippen molar-refractivity contribution in [3.8, 4) is 11.5 Å². The summed E-state index contributed by atoms with van der Waals surface area (Å²) in [6.07, 6.45) is 1.41. The molecule has 0 heterocycles. The van der Waals surface area contributed by atoms with Crippen molar-refractivity contribution >= 4 is 22.1 Å². The predicted molar refractivity (Wildman–Crippen MR) is 115 cm³/mol. The maximum atomic E-state index is 12.7. The van der Waals surface area contributed by atoms with Crippen molar-refractivity contribution in [1.82, 2.24) is 10.1 Å². The summed E-state index contributed by atoms with van der Waals surface area (Å²) in [5, 5.41) is 3.95. The monoisotopic (exact) mass is 433 g/mol. The Kier molecular flexibility index (Phi) is 7.96. The topological polar surface area (TPSA) is 106 Å². The Morgan fingerprint density at radius 2 is 1.73 bits per heavy atom. The van der Waals surface area contributed by atoms with Gasteiger partial charge in [-0.2, -0.15) is 9.82 Å². The van der Waals surface area contributed by atoms with Gasteiger partial charge in [0.1, 0.15) is 17.5 Å². The molecule has 9 heteroatoms. The third-order valence-electron chi connectivity index (χ3n) is 4.38. The molecule has 2 aromatic rings. The number of hydrazone groups is 1. The number of aryl methyl sites for hydroxylation is 1. The first-order valence-corrected chi connectivity index (χ1v) is 10.8. The second-order valence-electron chi connectivity index (χ2n) is 7.00. The van der Waals surface area contributed by atoms with Gasteiger partial charge in [-0.3, -0.25) is 4.79 Å². The number of rotatable bonds is 9. The van der Waals surface area contributed by atoms with Gasteiger partial charge in [0.2, 0.25) is 10.0 Å². The molecule has 0 aliphatic rings. The fraction of sp³-hybridized carbons (Fsp3) is 0.333. The molecule has 2 aromatic carbocycles. The zero-order chi connectivity index (χ0) is 22.3. The molecule has 0 fully saturated rings. The minimum atomic E-state index is -3.86. The third kappa shape index (κ3) is 6.04. The van der Waals surface area contributed by atoms with E-state index >= 15 is 0 Å². The number of hydrogen-bond acceptors (Lipinski definition) is 6.